The largest absolute Gasteiger partial charge is 0.360 e. The van der Waals surface area contributed by atoms with Crippen LogP contribution < -0.4 is 0 Å². The Morgan fingerprint density at radius 3 is 2.83 bits per heavy atom. The van der Waals surface area contributed by atoms with Crippen molar-refractivity contribution in [2.24, 2.45) is 0 Å². The van der Waals surface area contributed by atoms with Gasteiger partial charge in [-0.1, -0.05) is 13.8 Å². The average Bonchev–Trinajstić information content (AvgIpc) is 2.53. The molecule has 1 N–H and O–H groups in total. The van der Waals surface area contributed by atoms with Crippen LogP contribution in [0.4, 0.5) is 0 Å². The van der Waals surface area contributed by atoms with E-state index in [4.69, 9.17) is 0 Å². The van der Waals surface area contributed by atoms with Crippen molar-refractivity contribution in [3.8, 4) is 0 Å². The molecule has 0 fully saturated rings. The Labute approximate surface area is 74.1 Å². The molecule has 2 nitrogen and oxygen atoms in total. The Hall–Kier alpha value is -1.31. The van der Waals surface area contributed by atoms with Crippen LogP contribution in [-0.4, -0.2) is 9.97 Å². The van der Waals surface area contributed by atoms with E-state index in [2.05, 4.69) is 9.97 Å². The highest BCUT2D eigenvalue weighted by atomic mass is 14.8. The summed E-state index contributed by atoms with van der Waals surface area (Å²) in [6, 6.07) is 3.95. The molecule has 0 aliphatic heterocycles. The van der Waals surface area contributed by atoms with Crippen LogP contribution in [0.3, 0.4) is 0 Å². The maximum absolute atomic E-state index is 4.21. The lowest BCUT2D eigenvalue weighted by atomic mass is 10.3. The second-order valence-electron chi connectivity index (χ2n) is 2.37. The maximum atomic E-state index is 4.21. The predicted molar refractivity (Wildman–Crippen MR) is 54.3 cm³/mol. The molecule has 0 aliphatic carbocycles. The lowest BCUT2D eigenvalue weighted by Gasteiger charge is -1.86. The maximum Gasteiger partial charge on any atom is 0.0907 e. The SMILES string of the molecule is CC.Cc1c[nH]c2cccnc12.[HH]. The highest BCUT2D eigenvalue weighted by Crippen LogP contribution is 2.12. The van der Waals surface area contributed by atoms with Crippen LogP contribution in [0.1, 0.15) is 20.8 Å². The second kappa shape index (κ2) is 3.90. The first kappa shape index (κ1) is 8.78. The van der Waals surface area contributed by atoms with E-state index in [-0.39, 0.29) is 1.43 Å². The first-order valence-corrected chi connectivity index (χ1v) is 4.26. The topological polar surface area (TPSA) is 28.7 Å². The van der Waals surface area contributed by atoms with Crippen LogP contribution in [-0.2, 0) is 0 Å². The van der Waals surface area contributed by atoms with Crippen molar-refractivity contribution in [3.05, 3.63) is 30.1 Å². The number of pyridine rings is 1. The van der Waals surface area contributed by atoms with E-state index in [0.29, 0.717) is 0 Å². The minimum atomic E-state index is 0. The first-order chi connectivity index (χ1) is 5.88. The number of aromatic nitrogens is 2. The number of rotatable bonds is 0. The fourth-order valence-corrected chi connectivity index (χ4v) is 1.09. The van der Waals surface area contributed by atoms with E-state index in [1.54, 1.807) is 0 Å². The van der Waals surface area contributed by atoms with E-state index < -0.39 is 0 Å². The molecule has 2 aromatic rings. The van der Waals surface area contributed by atoms with Crippen LogP contribution >= 0.6 is 0 Å². The summed E-state index contributed by atoms with van der Waals surface area (Å²) in [5.74, 6) is 0. The average molecular weight is 164 g/mol. The Morgan fingerprint density at radius 1 is 1.42 bits per heavy atom. The van der Waals surface area contributed by atoms with E-state index in [1.807, 2.05) is 45.3 Å². The summed E-state index contributed by atoms with van der Waals surface area (Å²) in [7, 11) is 0. The van der Waals surface area contributed by atoms with Crippen molar-refractivity contribution >= 4 is 11.0 Å². The number of nitrogens with zero attached hydrogens (tertiary/aromatic N) is 1. The number of nitrogens with one attached hydrogen (secondary N) is 1. The zero-order valence-electron chi connectivity index (χ0n) is 7.76. The fourth-order valence-electron chi connectivity index (χ4n) is 1.09. The standard InChI is InChI=1S/C8H8N2.C2H6.H2/c1-6-5-10-7-3-2-4-9-8(6)7;1-2;/h2-5,10H,1H3;1-2H3;1H. The summed E-state index contributed by atoms with van der Waals surface area (Å²) >= 11 is 0. The summed E-state index contributed by atoms with van der Waals surface area (Å²) < 4.78 is 0. The molecule has 12 heavy (non-hydrogen) atoms. The third-order valence-electron chi connectivity index (χ3n) is 1.63. The van der Waals surface area contributed by atoms with Crippen LogP contribution in [0.2, 0.25) is 0 Å². The lowest BCUT2D eigenvalue weighted by molar-refractivity contribution is 1.39. The predicted octanol–water partition coefficient (Wildman–Crippen LogP) is 3.14. The van der Waals surface area contributed by atoms with Crippen molar-refractivity contribution in [1.29, 1.82) is 0 Å². The number of aromatic amines is 1. The molecule has 0 atom stereocenters. The van der Waals surface area contributed by atoms with Gasteiger partial charge in [0.2, 0.25) is 0 Å². The summed E-state index contributed by atoms with van der Waals surface area (Å²) in [4.78, 5) is 7.33. The lowest BCUT2D eigenvalue weighted by Crippen LogP contribution is -1.72. The summed E-state index contributed by atoms with van der Waals surface area (Å²) in [5, 5.41) is 0. The van der Waals surface area contributed by atoms with Gasteiger partial charge < -0.3 is 4.98 Å². The zero-order valence-corrected chi connectivity index (χ0v) is 7.76. The quantitative estimate of drug-likeness (QED) is 0.636. The number of hydrogen-bond donors (Lipinski definition) is 1. The van der Waals surface area contributed by atoms with E-state index in [9.17, 15) is 0 Å². The summed E-state index contributed by atoms with van der Waals surface area (Å²) in [6.07, 6.45) is 3.78. The third-order valence-corrected chi connectivity index (χ3v) is 1.63. The third kappa shape index (κ3) is 1.47. The molecule has 0 spiro atoms. The molecule has 0 amide bonds. The molecule has 0 radical (unpaired) electrons. The van der Waals surface area contributed by atoms with Gasteiger partial charge in [-0.15, -0.1) is 0 Å². The Morgan fingerprint density at radius 2 is 2.17 bits per heavy atom. The molecule has 0 saturated heterocycles. The minimum Gasteiger partial charge on any atom is -0.360 e. The van der Waals surface area contributed by atoms with Crippen LogP contribution in [0.5, 0.6) is 0 Å². The summed E-state index contributed by atoms with van der Waals surface area (Å²) in [5.41, 5.74) is 3.39. The monoisotopic (exact) mass is 164 g/mol. The number of hydrogen-bond acceptors (Lipinski definition) is 1. The minimum absolute atomic E-state index is 0. The van der Waals surface area contributed by atoms with Gasteiger partial charge in [0.05, 0.1) is 11.0 Å². The van der Waals surface area contributed by atoms with Gasteiger partial charge in [-0.05, 0) is 24.6 Å². The number of H-pyrrole nitrogens is 1. The van der Waals surface area contributed by atoms with E-state index in [1.165, 1.54) is 5.56 Å². The van der Waals surface area contributed by atoms with Gasteiger partial charge in [0.15, 0.2) is 0 Å². The van der Waals surface area contributed by atoms with Crippen molar-refractivity contribution in [3.63, 3.8) is 0 Å². The smallest absolute Gasteiger partial charge is 0.0907 e. The van der Waals surface area contributed by atoms with Crippen LogP contribution in [0.15, 0.2) is 24.5 Å². The molecule has 2 rings (SSSR count). The van der Waals surface area contributed by atoms with Gasteiger partial charge in [-0.2, -0.15) is 0 Å². The Balaban J connectivity index is 0.000000451. The van der Waals surface area contributed by atoms with Gasteiger partial charge in [-0.3, -0.25) is 4.98 Å². The first-order valence-electron chi connectivity index (χ1n) is 4.26. The molecule has 2 heterocycles. The van der Waals surface area contributed by atoms with Crippen molar-refractivity contribution in [1.82, 2.24) is 9.97 Å². The Bertz CT molecular complexity index is 354. The Kier molecular flexibility index (Phi) is 2.86. The van der Waals surface area contributed by atoms with E-state index in [0.717, 1.165) is 11.0 Å². The fraction of sp³-hybridized carbons (Fsp3) is 0.300. The van der Waals surface area contributed by atoms with Crippen molar-refractivity contribution in [2.45, 2.75) is 20.8 Å². The molecular weight excluding hydrogens is 148 g/mol. The summed E-state index contributed by atoms with van der Waals surface area (Å²) in [6.45, 7) is 6.05. The molecule has 0 bridgehead atoms. The van der Waals surface area contributed by atoms with Gasteiger partial charge in [0.1, 0.15) is 0 Å². The van der Waals surface area contributed by atoms with Crippen molar-refractivity contribution in [2.75, 3.05) is 0 Å². The van der Waals surface area contributed by atoms with Gasteiger partial charge in [0, 0.05) is 13.8 Å². The highest BCUT2D eigenvalue weighted by Gasteiger charge is 1.96. The normalized spacial score (nSPS) is 9.25. The highest BCUT2D eigenvalue weighted by molar-refractivity contribution is 5.77. The zero-order chi connectivity index (χ0) is 8.97. The molecule has 2 heteroatoms. The molecule has 0 saturated carbocycles. The van der Waals surface area contributed by atoms with Gasteiger partial charge in [0.25, 0.3) is 0 Å². The molecule has 0 aliphatic rings. The number of fused-ring (bicyclic) bond motifs is 1. The molecule has 2 aromatic heterocycles. The van der Waals surface area contributed by atoms with Crippen molar-refractivity contribution < 1.29 is 1.43 Å². The van der Waals surface area contributed by atoms with Crippen LogP contribution in [0.25, 0.3) is 11.0 Å². The van der Waals surface area contributed by atoms with Crippen LogP contribution in [0, 0.1) is 6.92 Å². The second-order valence-corrected chi connectivity index (χ2v) is 2.37. The molecular formula is C10H16N2. The molecule has 0 aromatic carbocycles. The van der Waals surface area contributed by atoms with Gasteiger partial charge >= 0.3 is 0 Å². The van der Waals surface area contributed by atoms with Gasteiger partial charge in [-0.25, -0.2) is 0 Å². The molecule has 0 unspecified atom stereocenters. The molecule has 66 valence electrons. The van der Waals surface area contributed by atoms with E-state index >= 15 is 0 Å². The number of aryl methyl sites for hydroxylation is 1.